The molecule has 0 bridgehead atoms. The van der Waals surface area contributed by atoms with Crippen LogP contribution in [0.15, 0.2) is 40.9 Å². The van der Waals surface area contributed by atoms with Gasteiger partial charge in [0.2, 0.25) is 11.8 Å². The van der Waals surface area contributed by atoms with Gasteiger partial charge in [-0.25, -0.2) is 0 Å². The van der Waals surface area contributed by atoms with Crippen LogP contribution in [-0.4, -0.2) is 42.3 Å². The van der Waals surface area contributed by atoms with Gasteiger partial charge in [-0.2, -0.15) is 0 Å². The van der Waals surface area contributed by atoms with Gasteiger partial charge < -0.3 is 10.1 Å². The average Bonchev–Trinajstić information content (AvgIpc) is 2.96. The second-order valence-corrected chi connectivity index (χ2v) is 6.82. The summed E-state index contributed by atoms with van der Waals surface area (Å²) in [5.74, 6) is 0.0906. The Hall–Kier alpha value is -2.41. The van der Waals surface area contributed by atoms with Crippen LogP contribution in [0.4, 0.5) is 0 Å². The number of nitrogens with zero attached hydrogens (tertiary/aromatic N) is 1. The number of likely N-dealkylation sites (tertiary alicyclic amines) is 1. The van der Waals surface area contributed by atoms with E-state index in [4.69, 9.17) is 4.74 Å². The zero-order valence-corrected chi connectivity index (χ0v) is 15.8. The van der Waals surface area contributed by atoms with Crippen molar-refractivity contribution in [2.45, 2.75) is 19.3 Å². The molecule has 0 atom stereocenters. The zero-order chi connectivity index (χ0) is 18.5. The van der Waals surface area contributed by atoms with Gasteiger partial charge in [-0.3, -0.25) is 19.3 Å². The fourth-order valence-electron chi connectivity index (χ4n) is 2.86. The molecule has 0 saturated carbocycles. The minimum absolute atomic E-state index is 0.0987. The number of ether oxygens (including phenoxy) is 1. The molecule has 26 heavy (non-hydrogen) atoms. The van der Waals surface area contributed by atoms with Gasteiger partial charge in [-0.1, -0.05) is 30.3 Å². The molecule has 3 amide bonds. The lowest BCUT2D eigenvalue weighted by Crippen LogP contribution is -2.34. The highest BCUT2D eigenvalue weighted by molar-refractivity contribution is 9.10. The first-order valence-corrected chi connectivity index (χ1v) is 9.25. The molecule has 1 aliphatic heterocycles. The Bertz CT molecular complexity index is 837. The number of fused-ring (bicyclic) bond motifs is 1. The molecule has 2 aromatic rings. The van der Waals surface area contributed by atoms with Crippen LogP contribution in [0.1, 0.15) is 19.3 Å². The lowest BCUT2D eigenvalue weighted by molar-refractivity contribution is -0.138. The van der Waals surface area contributed by atoms with Crippen LogP contribution < -0.4 is 10.1 Å². The normalized spacial score (nSPS) is 14.1. The summed E-state index contributed by atoms with van der Waals surface area (Å²) in [7, 11) is 0. The first-order valence-electron chi connectivity index (χ1n) is 8.46. The second kappa shape index (κ2) is 8.31. The molecule has 1 heterocycles. The lowest BCUT2D eigenvalue weighted by Gasteiger charge is -2.14. The van der Waals surface area contributed by atoms with E-state index in [1.54, 1.807) is 0 Å². The molecule has 1 saturated heterocycles. The Balaban J connectivity index is 1.44. The Labute approximate surface area is 159 Å². The van der Waals surface area contributed by atoms with Crippen molar-refractivity contribution < 1.29 is 19.1 Å². The number of halogens is 1. The smallest absolute Gasteiger partial charge is 0.257 e. The molecule has 7 heteroatoms. The Kier molecular flexibility index (Phi) is 5.88. The summed E-state index contributed by atoms with van der Waals surface area (Å²) >= 11 is 3.52. The maximum Gasteiger partial charge on any atom is 0.257 e. The number of rotatable bonds is 7. The van der Waals surface area contributed by atoms with E-state index < -0.39 is 0 Å². The van der Waals surface area contributed by atoms with Crippen LogP contribution in [0.3, 0.4) is 0 Å². The molecule has 0 radical (unpaired) electrons. The molecule has 3 rings (SSSR count). The standard InChI is InChI=1S/C19H19BrN2O4/c20-19-14-5-2-1-4-13(14)6-7-15(19)26-12-16(23)21-10-3-11-22-17(24)8-9-18(22)25/h1-2,4-7H,3,8-12H2,(H,21,23). The van der Waals surface area contributed by atoms with Crippen molar-refractivity contribution in [1.29, 1.82) is 0 Å². The molecule has 1 N–H and O–H groups in total. The monoisotopic (exact) mass is 418 g/mol. The largest absolute Gasteiger partial charge is 0.483 e. The summed E-state index contributed by atoms with van der Waals surface area (Å²) in [6.45, 7) is 0.631. The van der Waals surface area contributed by atoms with Crippen LogP contribution in [-0.2, 0) is 14.4 Å². The summed E-state index contributed by atoms with van der Waals surface area (Å²) < 4.78 is 6.41. The molecule has 6 nitrogen and oxygen atoms in total. The van der Waals surface area contributed by atoms with Crippen molar-refractivity contribution in [3.05, 3.63) is 40.9 Å². The molecule has 136 valence electrons. The number of carbonyl (C=O) groups excluding carboxylic acids is 3. The van der Waals surface area contributed by atoms with Gasteiger partial charge in [0.1, 0.15) is 5.75 Å². The fraction of sp³-hybridized carbons (Fsp3) is 0.316. The summed E-state index contributed by atoms with van der Waals surface area (Å²) in [4.78, 5) is 36.2. The third-order valence-corrected chi connectivity index (χ3v) is 5.04. The fourth-order valence-corrected chi connectivity index (χ4v) is 3.46. The molecule has 1 fully saturated rings. The molecule has 0 unspecified atom stereocenters. The number of hydrogen-bond acceptors (Lipinski definition) is 4. The zero-order valence-electron chi connectivity index (χ0n) is 14.2. The molecule has 2 aromatic carbocycles. The van der Waals surface area contributed by atoms with Gasteiger partial charge >= 0.3 is 0 Å². The van der Waals surface area contributed by atoms with Crippen molar-refractivity contribution in [1.82, 2.24) is 10.2 Å². The quantitative estimate of drug-likeness (QED) is 0.553. The highest BCUT2D eigenvalue weighted by Crippen LogP contribution is 2.32. The van der Waals surface area contributed by atoms with Gasteiger partial charge in [-0.15, -0.1) is 0 Å². The number of carbonyl (C=O) groups is 3. The Morgan fingerprint density at radius 1 is 1.12 bits per heavy atom. The van der Waals surface area contributed by atoms with Crippen LogP contribution in [0.2, 0.25) is 0 Å². The van der Waals surface area contributed by atoms with Crippen molar-refractivity contribution in [2.75, 3.05) is 19.7 Å². The van der Waals surface area contributed by atoms with E-state index in [-0.39, 0.29) is 24.3 Å². The van der Waals surface area contributed by atoms with Gasteiger partial charge in [0.15, 0.2) is 6.61 Å². The van der Waals surface area contributed by atoms with Crippen molar-refractivity contribution in [2.24, 2.45) is 0 Å². The van der Waals surface area contributed by atoms with E-state index in [2.05, 4.69) is 21.2 Å². The van der Waals surface area contributed by atoms with Crippen molar-refractivity contribution in [3.63, 3.8) is 0 Å². The van der Waals surface area contributed by atoms with Gasteiger partial charge in [0, 0.05) is 25.9 Å². The van der Waals surface area contributed by atoms with E-state index in [9.17, 15) is 14.4 Å². The Morgan fingerprint density at radius 2 is 1.85 bits per heavy atom. The number of amides is 3. The summed E-state index contributed by atoms with van der Waals surface area (Å²) in [6, 6.07) is 11.7. The maximum atomic E-state index is 11.9. The van der Waals surface area contributed by atoms with Crippen LogP contribution in [0.5, 0.6) is 5.75 Å². The highest BCUT2D eigenvalue weighted by Gasteiger charge is 2.27. The molecule has 0 aliphatic carbocycles. The maximum absolute atomic E-state index is 11.9. The number of imide groups is 1. The predicted molar refractivity (Wildman–Crippen MR) is 101 cm³/mol. The average molecular weight is 419 g/mol. The second-order valence-electron chi connectivity index (χ2n) is 6.03. The van der Waals surface area contributed by atoms with Crippen LogP contribution in [0.25, 0.3) is 10.8 Å². The molecule has 1 aliphatic rings. The first kappa shape index (κ1) is 18.4. The number of benzene rings is 2. The van der Waals surface area contributed by atoms with E-state index in [0.29, 0.717) is 38.1 Å². The summed E-state index contributed by atoms with van der Waals surface area (Å²) in [6.07, 6.45) is 1.11. The topological polar surface area (TPSA) is 75.7 Å². The van der Waals surface area contributed by atoms with Crippen molar-refractivity contribution >= 4 is 44.4 Å². The van der Waals surface area contributed by atoms with Gasteiger partial charge in [-0.05, 0) is 39.2 Å². The minimum Gasteiger partial charge on any atom is -0.483 e. The summed E-state index contributed by atoms with van der Waals surface area (Å²) in [5.41, 5.74) is 0. The number of hydrogen-bond donors (Lipinski definition) is 1. The molecular weight excluding hydrogens is 400 g/mol. The third kappa shape index (κ3) is 4.22. The van der Waals surface area contributed by atoms with E-state index in [0.717, 1.165) is 15.2 Å². The summed E-state index contributed by atoms with van der Waals surface area (Å²) in [5, 5.41) is 4.84. The van der Waals surface area contributed by atoms with E-state index in [1.165, 1.54) is 4.90 Å². The molecule has 0 spiro atoms. The first-order chi connectivity index (χ1) is 12.6. The van der Waals surface area contributed by atoms with Gasteiger partial charge in [0.25, 0.3) is 5.91 Å². The highest BCUT2D eigenvalue weighted by atomic mass is 79.9. The van der Waals surface area contributed by atoms with Crippen LogP contribution in [0, 0.1) is 0 Å². The Morgan fingerprint density at radius 3 is 2.62 bits per heavy atom. The third-order valence-electron chi connectivity index (χ3n) is 4.22. The van der Waals surface area contributed by atoms with E-state index in [1.807, 2.05) is 36.4 Å². The minimum atomic E-state index is -0.246. The molecule has 0 aromatic heterocycles. The van der Waals surface area contributed by atoms with Crippen molar-refractivity contribution in [3.8, 4) is 5.75 Å². The van der Waals surface area contributed by atoms with E-state index >= 15 is 0 Å². The lowest BCUT2D eigenvalue weighted by atomic mass is 10.1. The van der Waals surface area contributed by atoms with Crippen LogP contribution >= 0.6 is 15.9 Å². The van der Waals surface area contributed by atoms with Gasteiger partial charge in [0.05, 0.1) is 4.47 Å². The number of nitrogens with one attached hydrogen (secondary N) is 1. The SMILES string of the molecule is O=C(COc1ccc2ccccc2c1Br)NCCCN1C(=O)CCC1=O. The molecular formula is C19H19BrN2O4. The predicted octanol–water partition coefficient (Wildman–Crippen LogP) is 2.64.